The van der Waals surface area contributed by atoms with E-state index in [-0.39, 0.29) is 17.1 Å². The summed E-state index contributed by atoms with van der Waals surface area (Å²) in [6.45, 7) is 1.63. The average Bonchev–Trinajstić information content (AvgIpc) is 2.42. The van der Waals surface area contributed by atoms with Crippen LogP contribution in [0.4, 0.5) is 22.7 Å². The van der Waals surface area contributed by atoms with Crippen molar-refractivity contribution < 1.29 is 9.85 Å². The van der Waals surface area contributed by atoms with E-state index in [1.165, 1.54) is 18.2 Å². The zero-order valence-corrected chi connectivity index (χ0v) is 12.5. The smallest absolute Gasteiger partial charge is 0.293 e. The first kappa shape index (κ1) is 14.9. The second-order valence-electron chi connectivity index (χ2n) is 4.30. The van der Waals surface area contributed by atoms with Gasteiger partial charge in [-0.05, 0) is 25.1 Å². The maximum Gasteiger partial charge on any atom is 0.293 e. The van der Waals surface area contributed by atoms with Crippen molar-refractivity contribution in [3.63, 3.8) is 0 Å². The predicted octanol–water partition coefficient (Wildman–Crippen LogP) is 4.32. The molecule has 0 amide bonds. The van der Waals surface area contributed by atoms with Gasteiger partial charge in [0.25, 0.3) is 11.4 Å². The van der Waals surface area contributed by atoms with Gasteiger partial charge < -0.3 is 5.32 Å². The molecule has 0 radical (unpaired) electrons. The van der Waals surface area contributed by atoms with Crippen molar-refractivity contribution in [1.29, 1.82) is 0 Å². The summed E-state index contributed by atoms with van der Waals surface area (Å²) in [6, 6.07) is 9.12. The zero-order valence-electron chi connectivity index (χ0n) is 10.9. The normalized spacial score (nSPS) is 10.2. The molecule has 0 unspecified atom stereocenters. The maximum atomic E-state index is 11.0. The van der Waals surface area contributed by atoms with E-state index in [0.717, 1.165) is 0 Å². The van der Waals surface area contributed by atoms with E-state index in [1.807, 2.05) is 0 Å². The van der Waals surface area contributed by atoms with Crippen LogP contribution in [0.25, 0.3) is 0 Å². The minimum Gasteiger partial charge on any atom is -0.350 e. The number of hydrogen-bond acceptors (Lipinski definition) is 5. The molecule has 0 aliphatic heterocycles. The van der Waals surface area contributed by atoms with Gasteiger partial charge in [-0.2, -0.15) is 0 Å². The fraction of sp³-hybridized carbons (Fsp3) is 0.0769. The Bertz CT molecular complexity index is 733. The molecule has 0 heterocycles. The highest BCUT2D eigenvalue weighted by atomic mass is 79.9. The molecule has 21 heavy (non-hydrogen) atoms. The van der Waals surface area contributed by atoms with Gasteiger partial charge in [0.2, 0.25) is 0 Å². The summed E-state index contributed by atoms with van der Waals surface area (Å²) < 4.78 is 0.578. The van der Waals surface area contributed by atoms with Crippen LogP contribution in [0.3, 0.4) is 0 Å². The SMILES string of the molecule is Cc1ccc(Nc2ccc(Br)cc2[N+](=O)[O-])cc1[N+](=O)[O-]. The first-order valence-corrected chi connectivity index (χ1v) is 6.64. The van der Waals surface area contributed by atoms with Gasteiger partial charge in [0, 0.05) is 27.9 Å². The minimum atomic E-state index is -0.518. The molecular formula is C13H10BrN3O4. The molecule has 0 aliphatic carbocycles. The predicted molar refractivity (Wildman–Crippen MR) is 81.9 cm³/mol. The second-order valence-corrected chi connectivity index (χ2v) is 5.22. The number of aryl methyl sites for hydroxylation is 1. The van der Waals surface area contributed by atoms with Crippen LogP contribution < -0.4 is 5.32 Å². The van der Waals surface area contributed by atoms with Crippen LogP contribution in [0.5, 0.6) is 0 Å². The number of anilines is 2. The Labute approximate surface area is 128 Å². The number of nitrogens with one attached hydrogen (secondary N) is 1. The van der Waals surface area contributed by atoms with Gasteiger partial charge in [-0.3, -0.25) is 20.2 Å². The standard InChI is InChI=1S/C13H10BrN3O4/c1-8-2-4-10(7-12(8)16(18)19)15-11-5-3-9(14)6-13(11)17(20)21/h2-7,15H,1H3. The summed E-state index contributed by atoms with van der Waals surface area (Å²) in [5.41, 5.74) is 1.04. The lowest BCUT2D eigenvalue weighted by Crippen LogP contribution is -1.98. The maximum absolute atomic E-state index is 11.0. The topological polar surface area (TPSA) is 98.3 Å². The molecule has 1 N–H and O–H groups in total. The van der Waals surface area contributed by atoms with Crippen LogP contribution in [-0.2, 0) is 0 Å². The summed E-state index contributed by atoms with van der Waals surface area (Å²) in [6.07, 6.45) is 0. The molecule has 7 nitrogen and oxygen atoms in total. The van der Waals surface area contributed by atoms with Crippen LogP contribution in [-0.4, -0.2) is 9.85 Å². The quantitative estimate of drug-likeness (QED) is 0.653. The first-order valence-electron chi connectivity index (χ1n) is 5.84. The van der Waals surface area contributed by atoms with E-state index in [2.05, 4.69) is 21.2 Å². The molecule has 8 heteroatoms. The molecule has 0 fully saturated rings. The third kappa shape index (κ3) is 3.34. The molecular weight excluding hydrogens is 342 g/mol. The summed E-state index contributed by atoms with van der Waals surface area (Å²) >= 11 is 3.17. The van der Waals surface area contributed by atoms with Crippen LogP contribution in [0.15, 0.2) is 40.9 Å². The zero-order chi connectivity index (χ0) is 15.6. The summed E-state index contributed by atoms with van der Waals surface area (Å²) in [7, 11) is 0. The molecule has 0 bridgehead atoms. The Morgan fingerprint density at radius 1 is 1.00 bits per heavy atom. The van der Waals surface area contributed by atoms with Crippen LogP contribution in [0, 0.1) is 27.2 Å². The van der Waals surface area contributed by atoms with Crippen molar-refractivity contribution in [2.45, 2.75) is 6.92 Å². The highest BCUT2D eigenvalue weighted by molar-refractivity contribution is 9.10. The van der Waals surface area contributed by atoms with E-state index in [0.29, 0.717) is 15.7 Å². The number of rotatable bonds is 4. The number of hydrogen-bond donors (Lipinski definition) is 1. The van der Waals surface area contributed by atoms with Gasteiger partial charge in [0.15, 0.2) is 0 Å². The lowest BCUT2D eigenvalue weighted by atomic mass is 10.1. The van der Waals surface area contributed by atoms with Crippen molar-refractivity contribution in [3.05, 3.63) is 66.7 Å². The van der Waals surface area contributed by atoms with Crippen molar-refractivity contribution in [2.24, 2.45) is 0 Å². The molecule has 2 aromatic carbocycles. The van der Waals surface area contributed by atoms with Gasteiger partial charge >= 0.3 is 0 Å². The molecule has 0 spiro atoms. The van der Waals surface area contributed by atoms with Crippen molar-refractivity contribution in [2.75, 3.05) is 5.32 Å². The lowest BCUT2D eigenvalue weighted by Gasteiger charge is -2.08. The van der Waals surface area contributed by atoms with E-state index in [9.17, 15) is 20.2 Å². The van der Waals surface area contributed by atoms with Crippen molar-refractivity contribution in [1.82, 2.24) is 0 Å². The summed E-state index contributed by atoms with van der Waals surface area (Å²) in [5, 5.41) is 24.8. The Morgan fingerprint density at radius 2 is 1.67 bits per heavy atom. The molecule has 0 aliphatic rings. The van der Waals surface area contributed by atoms with E-state index in [1.54, 1.807) is 25.1 Å². The summed E-state index contributed by atoms with van der Waals surface area (Å²) in [4.78, 5) is 20.9. The molecule has 0 aromatic heterocycles. The van der Waals surface area contributed by atoms with Crippen LogP contribution in [0.1, 0.15) is 5.56 Å². The third-order valence-corrected chi connectivity index (χ3v) is 3.33. The van der Waals surface area contributed by atoms with Crippen molar-refractivity contribution in [3.8, 4) is 0 Å². The van der Waals surface area contributed by atoms with Gasteiger partial charge in [-0.1, -0.05) is 22.0 Å². The fourth-order valence-corrected chi connectivity index (χ4v) is 2.15. The highest BCUT2D eigenvalue weighted by Crippen LogP contribution is 2.32. The van der Waals surface area contributed by atoms with Crippen molar-refractivity contribution >= 4 is 38.7 Å². The number of nitro groups is 2. The molecule has 108 valence electrons. The average molecular weight is 352 g/mol. The molecule has 2 aromatic rings. The lowest BCUT2D eigenvalue weighted by molar-refractivity contribution is -0.385. The molecule has 2 rings (SSSR count). The number of nitrogens with zero attached hydrogens (tertiary/aromatic N) is 2. The minimum absolute atomic E-state index is 0.0419. The molecule has 0 saturated heterocycles. The Hall–Kier alpha value is -2.48. The number of benzene rings is 2. The van der Waals surface area contributed by atoms with Crippen LogP contribution >= 0.6 is 15.9 Å². The van der Waals surface area contributed by atoms with Gasteiger partial charge in [-0.15, -0.1) is 0 Å². The Balaban J connectivity index is 2.41. The van der Waals surface area contributed by atoms with Gasteiger partial charge in [-0.25, -0.2) is 0 Å². The van der Waals surface area contributed by atoms with E-state index >= 15 is 0 Å². The Kier molecular flexibility index (Phi) is 4.18. The van der Waals surface area contributed by atoms with Gasteiger partial charge in [0.05, 0.1) is 9.85 Å². The molecule has 0 atom stereocenters. The first-order chi connectivity index (χ1) is 9.88. The highest BCUT2D eigenvalue weighted by Gasteiger charge is 2.16. The fourth-order valence-electron chi connectivity index (χ4n) is 1.80. The number of nitro benzene ring substituents is 2. The number of halogens is 1. The van der Waals surface area contributed by atoms with Gasteiger partial charge in [0.1, 0.15) is 5.69 Å². The van der Waals surface area contributed by atoms with E-state index < -0.39 is 9.85 Å². The third-order valence-electron chi connectivity index (χ3n) is 2.84. The molecule has 0 saturated carbocycles. The largest absolute Gasteiger partial charge is 0.350 e. The van der Waals surface area contributed by atoms with Crippen LogP contribution in [0.2, 0.25) is 0 Å². The monoisotopic (exact) mass is 351 g/mol. The van der Waals surface area contributed by atoms with E-state index in [4.69, 9.17) is 0 Å². The Morgan fingerprint density at radius 3 is 2.29 bits per heavy atom. The second kappa shape index (κ2) is 5.88. The summed E-state index contributed by atoms with van der Waals surface area (Å²) in [5.74, 6) is 0.